The molecule has 0 aliphatic heterocycles. The number of aromatic nitrogens is 2. The zero-order chi connectivity index (χ0) is 15.5. The summed E-state index contributed by atoms with van der Waals surface area (Å²) >= 11 is 0. The second-order valence-corrected chi connectivity index (χ2v) is 5.54. The minimum Gasteiger partial charge on any atom is -0.370 e. The fourth-order valence-electron chi connectivity index (χ4n) is 2.26. The second kappa shape index (κ2) is 6.49. The van der Waals surface area contributed by atoms with Crippen molar-refractivity contribution < 1.29 is 13.2 Å². The predicted molar refractivity (Wildman–Crippen MR) is 76.4 cm³/mol. The average molecular weight is 302 g/mol. The van der Waals surface area contributed by atoms with Gasteiger partial charge in [-0.2, -0.15) is 13.2 Å². The molecule has 1 heterocycles. The van der Waals surface area contributed by atoms with Crippen LogP contribution in [0, 0.1) is 5.92 Å². The normalized spacial score (nSPS) is 15.7. The van der Waals surface area contributed by atoms with E-state index in [1.165, 1.54) is 6.42 Å². The van der Waals surface area contributed by atoms with E-state index in [0.717, 1.165) is 25.8 Å². The van der Waals surface area contributed by atoms with E-state index in [-0.39, 0.29) is 5.82 Å². The Morgan fingerprint density at radius 3 is 2.57 bits per heavy atom. The molecular formula is C14H21F3N4. The SMILES string of the molecule is CCCNc1cc(N(C)CC2CCC2)nc(C(F)(F)F)n1. The van der Waals surface area contributed by atoms with Crippen LogP contribution in [0.3, 0.4) is 0 Å². The van der Waals surface area contributed by atoms with Crippen molar-refractivity contribution in [3.63, 3.8) is 0 Å². The number of hydrogen-bond donors (Lipinski definition) is 1. The molecule has 1 N–H and O–H groups in total. The lowest BCUT2D eigenvalue weighted by Crippen LogP contribution is -2.30. The summed E-state index contributed by atoms with van der Waals surface area (Å²) in [5.41, 5.74) is 0. The smallest absolute Gasteiger partial charge is 0.370 e. The number of alkyl halides is 3. The number of nitrogens with zero attached hydrogens (tertiary/aromatic N) is 3. The molecule has 0 aromatic carbocycles. The molecule has 1 aromatic heterocycles. The molecule has 1 aromatic rings. The Bertz CT molecular complexity index is 472. The summed E-state index contributed by atoms with van der Waals surface area (Å²) in [6, 6.07) is 1.59. The predicted octanol–water partition coefficient (Wildman–Crippen LogP) is 3.55. The van der Waals surface area contributed by atoms with Gasteiger partial charge in [0.1, 0.15) is 11.6 Å². The van der Waals surface area contributed by atoms with Crippen molar-refractivity contribution in [2.45, 2.75) is 38.8 Å². The Kier molecular flexibility index (Phi) is 4.90. The second-order valence-electron chi connectivity index (χ2n) is 5.54. The maximum Gasteiger partial charge on any atom is 0.451 e. The number of halogens is 3. The number of anilines is 2. The van der Waals surface area contributed by atoms with Gasteiger partial charge in [-0.3, -0.25) is 0 Å². The van der Waals surface area contributed by atoms with Crippen LogP contribution in [-0.2, 0) is 6.18 Å². The molecule has 0 bridgehead atoms. The molecule has 4 nitrogen and oxygen atoms in total. The third-order valence-corrected chi connectivity index (χ3v) is 3.67. The fraction of sp³-hybridized carbons (Fsp3) is 0.714. The Labute approximate surface area is 122 Å². The molecule has 7 heteroatoms. The van der Waals surface area contributed by atoms with E-state index in [2.05, 4.69) is 15.3 Å². The summed E-state index contributed by atoms with van der Waals surface area (Å²) in [6.45, 7) is 3.27. The molecule has 2 rings (SSSR count). The van der Waals surface area contributed by atoms with Crippen LogP contribution in [0.25, 0.3) is 0 Å². The number of hydrogen-bond acceptors (Lipinski definition) is 4. The molecule has 1 aliphatic carbocycles. The first-order valence-electron chi connectivity index (χ1n) is 7.31. The van der Waals surface area contributed by atoms with E-state index in [1.54, 1.807) is 18.0 Å². The first kappa shape index (κ1) is 15.9. The molecule has 21 heavy (non-hydrogen) atoms. The van der Waals surface area contributed by atoms with Crippen LogP contribution in [0.15, 0.2) is 6.07 Å². The van der Waals surface area contributed by atoms with E-state index >= 15 is 0 Å². The summed E-state index contributed by atoms with van der Waals surface area (Å²) in [5.74, 6) is 0.0304. The largest absolute Gasteiger partial charge is 0.451 e. The fourth-order valence-corrected chi connectivity index (χ4v) is 2.26. The van der Waals surface area contributed by atoms with Crippen molar-refractivity contribution in [3.05, 3.63) is 11.9 Å². The van der Waals surface area contributed by atoms with E-state index in [9.17, 15) is 13.2 Å². The van der Waals surface area contributed by atoms with Crippen LogP contribution < -0.4 is 10.2 Å². The van der Waals surface area contributed by atoms with E-state index in [1.807, 2.05) is 6.92 Å². The van der Waals surface area contributed by atoms with Gasteiger partial charge >= 0.3 is 6.18 Å². The zero-order valence-corrected chi connectivity index (χ0v) is 12.4. The highest BCUT2D eigenvalue weighted by molar-refractivity contribution is 5.49. The van der Waals surface area contributed by atoms with Gasteiger partial charge in [-0.1, -0.05) is 13.3 Å². The van der Waals surface area contributed by atoms with Gasteiger partial charge in [-0.25, -0.2) is 9.97 Å². The van der Waals surface area contributed by atoms with Crippen LogP contribution in [0.1, 0.15) is 38.4 Å². The molecule has 1 aliphatic rings. The van der Waals surface area contributed by atoms with Gasteiger partial charge in [0.25, 0.3) is 0 Å². The summed E-state index contributed by atoms with van der Waals surface area (Å²) in [7, 11) is 1.78. The number of rotatable bonds is 6. The van der Waals surface area contributed by atoms with Crippen molar-refractivity contribution in [1.29, 1.82) is 0 Å². The lowest BCUT2D eigenvalue weighted by Gasteiger charge is -2.31. The van der Waals surface area contributed by atoms with E-state index in [0.29, 0.717) is 18.3 Å². The van der Waals surface area contributed by atoms with E-state index in [4.69, 9.17) is 0 Å². The quantitative estimate of drug-likeness (QED) is 0.872. The summed E-state index contributed by atoms with van der Waals surface area (Å²) in [6.07, 6.45) is -0.223. The molecule has 0 saturated heterocycles. The Balaban J connectivity index is 2.20. The third-order valence-electron chi connectivity index (χ3n) is 3.67. The van der Waals surface area contributed by atoms with Crippen LogP contribution >= 0.6 is 0 Å². The van der Waals surface area contributed by atoms with Gasteiger partial charge in [-0.05, 0) is 25.2 Å². The van der Waals surface area contributed by atoms with Gasteiger partial charge in [0.2, 0.25) is 5.82 Å². The minimum absolute atomic E-state index is 0.231. The van der Waals surface area contributed by atoms with Crippen LogP contribution in [0.5, 0.6) is 0 Å². The van der Waals surface area contributed by atoms with Crippen LogP contribution in [0.4, 0.5) is 24.8 Å². The molecule has 0 amide bonds. The summed E-state index contributed by atoms with van der Waals surface area (Å²) in [5, 5.41) is 2.91. The zero-order valence-electron chi connectivity index (χ0n) is 12.4. The summed E-state index contributed by atoms with van der Waals surface area (Å²) < 4.78 is 38.7. The van der Waals surface area contributed by atoms with Crippen molar-refractivity contribution in [1.82, 2.24) is 9.97 Å². The highest BCUT2D eigenvalue weighted by atomic mass is 19.4. The maximum absolute atomic E-state index is 12.9. The van der Waals surface area contributed by atoms with Crippen molar-refractivity contribution >= 4 is 11.6 Å². The average Bonchev–Trinajstić information content (AvgIpc) is 2.39. The molecular weight excluding hydrogens is 281 g/mol. The highest BCUT2D eigenvalue weighted by Crippen LogP contribution is 2.31. The standard InChI is InChI=1S/C14H21F3N4/c1-3-7-18-11-8-12(20-13(19-11)14(15,16)17)21(2)9-10-5-4-6-10/h8,10H,3-7,9H2,1-2H3,(H,18,19,20). The van der Waals surface area contributed by atoms with Gasteiger partial charge in [0, 0.05) is 26.2 Å². The lowest BCUT2D eigenvalue weighted by molar-refractivity contribution is -0.144. The molecule has 1 fully saturated rings. The Morgan fingerprint density at radius 2 is 2.05 bits per heavy atom. The Morgan fingerprint density at radius 1 is 1.33 bits per heavy atom. The molecule has 118 valence electrons. The topological polar surface area (TPSA) is 41.0 Å². The van der Waals surface area contributed by atoms with Gasteiger partial charge in [0.15, 0.2) is 0 Å². The third kappa shape index (κ3) is 4.22. The van der Waals surface area contributed by atoms with Crippen molar-refractivity contribution in [3.8, 4) is 0 Å². The molecule has 0 atom stereocenters. The van der Waals surface area contributed by atoms with Gasteiger partial charge in [-0.15, -0.1) is 0 Å². The van der Waals surface area contributed by atoms with Crippen LogP contribution in [-0.4, -0.2) is 30.1 Å². The Hall–Kier alpha value is -1.53. The highest BCUT2D eigenvalue weighted by Gasteiger charge is 2.36. The van der Waals surface area contributed by atoms with Crippen molar-refractivity contribution in [2.24, 2.45) is 5.92 Å². The molecule has 1 saturated carbocycles. The summed E-state index contributed by atoms with van der Waals surface area (Å²) in [4.78, 5) is 9.03. The van der Waals surface area contributed by atoms with Crippen molar-refractivity contribution in [2.75, 3.05) is 30.4 Å². The van der Waals surface area contributed by atoms with E-state index < -0.39 is 12.0 Å². The molecule has 0 unspecified atom stereocenters. The first-order chi connectivity index (χ1) is 9.90. The monoisotopic (exact) mass is 302 g/mol. The molecule has 0 radical (unpaired) electrons. The van der Waals surface area contributed by atoms with Gasteiger partial charge in [0.05, 0.1) is 0 Å². The first-order valence-corrected chi connectivity index (χ1v) is 7.31. The molecule has 0 spiro atoms. The van der Waals surface area contributed by atoms with Crippen LogP contribution in [0.2, 0.25) is 0 Å². The minimum atomic E-state index is -4.53. The van der Waals surface area contributed by atoms with Gasteiger partial charge < -0.3 is 10.2 Å². The number of nitrogens with one attached hydrogen (secondary N) is 1. The lowest BCUT2D eigenvalue weighted by atomic mass is 9.85. The maximum atomic E-state index is 12.9.